The van der Waals surface area contributed by atoms with Gasteiger partial charge in [0, 0.05) is 11.8 Å². The van der Waals surface area contributed by atoms with Gasteiger partial charge in [0.15, 0.2) is 0 Å². The zero-order valence-corrected chi connectivity index (χ0v) is 27.2. The van der Waals surface area contributed by atoms with Crippen LogP contribution in [0, 0.1) is 5.92 Å². The maximum atomic E-state index is 4.42. The van der Waals surface area contributed by atoms with Gasteiger partial charge in [-0.25, -0.2) is 0 Å². The van der Waals surface area contributed by atoms with Crippen molar-refractivity contribution in [1.29, 1.82) is 0 Å². The summed E-state index contributed by atoms with van der Waals surface area (Å²) < 4.78 is 0.636. The summed E-state index contributed by atoms with van der Waals surface area (Å²) in [4.78, 5) is 4.42. The van der Waals surface area contributed by atoms with Crippen molar-refractivity contribution in [2.24, 2.45) is 10.9 Å². The Labute approximate surface area is 245 Å². The molecule has 185 valence electrons. The van der Waals surface area contributed by atoms with E-state index in [0.717, 1.165) is 0 Å². The molecular weight excluding hydrogens is 577 g/mol. The number of benzene rings is 2. The molecule has 0 aromatic heterocycles. The van der Waals surface area contributed by atoms with Gasteiger partial charge >= 0.3 is 150 Å². The van der Waals surface area contributed by atoms with E-state index < -0.39 is 8.07 Å². The Morgan fingerprint density at radius 3 is 2.11 bits per heavy atom. The third-order valence-electron chi connectivity index (χ3n) is 7.86. The summed E-state index contributed by atoms with van der Waals surface area (Å²) in [5.41, 5.74) is 13.0. The first-order valence-corrected chi connectivity index (χ1v) is 16.9. The van der Waals surface area contributed by atoms with Gasteiger partial charge in [-0.2, -0.15) is 0 Å². The van der Waals surface area contributed by atoms with Gasteiger partial charge in [0.1, 0.15) is 8.07 Å². The van der Waals surface area contributed by atoms with Crippen LogP contribution in [0.15, 0.2) is 86.8 Å². The second-order valence-corrected chi connectivity index (χ2v) is 16.7. The van der Waals surface area contributed by atoms with Crippen LogP contribution in [0.5, 0.6) is 0 Å². The zero-order valence-electron chi connectivity index (χ0n) is 22.2. The Hall–Kier alpha value is -1.25. The van der Waals surface area contributed by atoms with Gasteiger partial charge in [-0.3, -0.25) is 4.99 Å². The number of halogens is 2. The Morgan fingerprint density at radius 1 is 0.889 bits per heavy atom. The molecule has 2 aliphatic carbocycles. The van der Waals surface area contributed by atoms with Crippen LogP contribution in [0.1, 0.15) is 60.9 Å². The fourth-order valence-corrected chi connectivity index (χ4v) is 11.6. The number of hydrogen-bond donors (Lipinski definition) is 0. The molecule has 0 radical (unpaired) electrons. The minimum atomic E-state index is -1.13. The molecule has 3 aliphatic heterocycles. The third kappa shape index (κ3) is 4.60. The van der Waals surface area contributed by atoms with E-state index >= 15 is 0 Å². The maximum Gasteiger partial charge on any atom is 0.116 e. The molecule has 1 unspecified atom stereocenters. The van der Waals surface area contributed by atoms with Crippen LogP contribution in [0.4, 0.5) is 0 Å². The Kier molecular flexibility index (Phi) is 8.84. The van der Waals surface area contributed by atoms with E-state index in [-0.39, 0.29) is 24.8 Å². The van der Waals surface area contributed by atoms with Crippen molar-refractivity contribution in [3.8, 4) is 11.1 Å². The van der Waals surface area contributed by atoms with E-state index in [1.54, 1.807) is 40.7 Å². The molecule has 36 heavy (non-hydrogen) atoms. The fourth-order valence-electron chi connectivity index (χ4n) is 6.10. The van der Waals surface area contributed by atoms with Gasteiger partial charge in [0.25, 0.3) is 0 Å². The second kappa shape index (κ2) is 10.9. The molecule has 1 nitrogen and oxygen atoms in total. The van der Waals surface area contributed by atoms with Gasteiger partial charge in [0.05, 0.1) is 5.71 Å². The molecule has 0 amide bonds. The molecule has 0 saturated heterocycles. The molecule has 5 heteroatoms. The molecule has 3 heterocycles. The minimum absolute atomic E-state index is 0. The average Bonchev–Trinajstić information content (AvgIpc) is 3.50. The molecule has 0 N–H and O–H groups in total. The predicted molar refractivity (Wildman–Crippen MR) is 145 cm³/mol. The summed E-state index contributed by atoms with van der Waals surface area (Å²) in [6.45, 7) is 16.2. The largest absolute Gasteiger partial charge is 1.00 e. The summed E-state index contributed by atoms with van der Waals surface area (Å²) in [5, 5.41) is 3.27. The second-order valence-electron chi connectivity index (χ2n) is 11.0. The molecule has 0 spiro atoms. The quantitative estimate of drug-likeness (QED) is 0.474. The van der Waals surface area contributed by atoms with Crippen molar-refractivity contribution in [1.82, 2.24) is 0 Å². The van der Waals surface area contributed by atoms with E-state index in [1.807, 2.05) is 6.20 Å². The summed E-state index contributed by atoms with van der Waals surface area (Å²) in [6, 6.07) is 15.9. The van der Waals surface area contributed by atoms with Gasteiger partial charge in [0.2, 0.25) is 0 Å². The summed E-state index contributed by atoms with van der Waals surface area (Å²) in [5.74, 6) is 1.22. The van der Waals surface area contributed by atoms with E-state index in [0.29, 0.717) is 15.5 Å². The Bertz CT molecular complexity index is 1340. The van der Waals surface area contributed by atoms with Crippen LogP contribution in [0.25, 0.3) is 17.2 Å². The standard InChI is InChI=1S/C21H23.C10H11NSi.2ClH.Zr/c1-14(2)16-8-10-17(11-9-16)20-7-5-6-18-12-19(15(3)4)13-21(18)20;1-6-9-7-4-5-11-8(7)10(6)12(9,2)3;;;/h5-15H,1-4H3;4-5H,1-3H3;2*1H;/q;;;;+2/p-2. The molecule has 0 saturated carbocycles. The first-order chi connectivity index (χ1) is 16.1. The summed E-state index contributed by atoms with van der Waals surface area (Å²) in [7, 11) is -1.13. The van der Waals surface area contributed by atoms with Crippen molar-refractivity contribution < 1.29 is 49.5 Å². The molecule has 5 aliphatic rings. The number of fused-ring (bicyclic) bond motifs is 1. The zero-order chi connectivity index (χ0) is 24.4. The van der Waals surface area contributed by atoms with Crippen LogP contribution in [0.3, 0.4) is 0 Å². The number of allylic oxidation sites excluding steroid dienone is 6. The molecule has 7 rings (SSSR count). The van der Waals surface area contributed by atoms with Gasteiger partial charge in [-0.1, -0.05) is 13.1 Å². The van der Waals surface area contributed by atoms with Crippen LogP contribution < -0.4 is 24.8 Å². The van der Waals surface area contributed by atoms with Crippen LogP contribution in [-0.4, -0.2) is 13.8 Å². The Morgan fingerprint density at radius 2 is 1.56 bits per heavy atom. The van der Waals surface area contributed by atoms with Crippen molar-refractivity contribution in [2.75, 3.05) is 0 Å². The smallest absolute Gasteiger partial charge is 0.116 e. The SMILES string of the molecule is CC(C)C1=Cc2c(-c3ccc(C(C)C)cc3)cccc2[CH]1[Zr+2].CC1=C2C3=NC=CC3=C1[Si]2(C)C.[Cl-].[Cl-]. The van der Waals surface area contributed by atoms with Gasteiger partial charge in [-0.15, -0.1) is 0 Å². The molecule has 2 aromatic rings. The number of aliphatic imine (C=N–C) groups is 1. The summed E-state index contributed by atoms with van der Waals surface area (Å²) >= 11 is 1.60. The molecule has 1 atom stereocenters. The monoisotopic (exact) mass is 608 g/mol. The molecule has 2 bridgehead atoms. The first-order valence-electron chi connectivity index (χ1n) is 12.5. The van der Waals surface area contributed by atoms with Crippen LogP contribution in [0.2, 0.25) is 13.1 Å². The summed E-state index contributed by atoms with van der Waals surface area (Å²) in [6.07, 6.45) is 6.55. The maximum absolute atomic E-state index is 4.42. The normalized spacial score (nSPS) is 19.7. The molecular formula is C31H34Cl2NSiZr. The van der Waals surface area contributed by atoms with Crippen molar-refractivity contribution >= 4 is 19.9 Å². The topological polar surface area (TPSA) is 12.4 Å². The van der Waals surface area contributed by atoms with Crippen LogP contribution >= 0.6 is 0 Å². The predicted octanol–water partition coefficient (Wildman–Crippen LogP) is 2.51. The van der Waals surface area contributed by atoms with Gasteiger partial charge < -0.3 is 24.8 Å². The molecule has 2 aromatic carbocycles. The first kappa shape index (κ1) is 29.3. The van der Waals surface area contributed by atoms with E-state index in [4.69, 9.17) is 0 Å². The minimum Gasteiger partial charge on any atom is -1.00 e. The molecule has 0 fully saturated rings. The van der Waals surface area contributed by atoms with Crippen molar-refractivity contribution in [3.63, 3.8) is 0 Å². The van der Waals surface area contributed by atoms with E-state index in [2.05, 4.69) is 107 Å². The van der Waals surface area contributed by atoms with Crippen molar-refractivity contribution in [2.45, 2.75) is 57.3 Å². The van der Waals surface area contributed by atoms with Crippen LogP contribution in [-0.2, 0) is 24.7 Å². The third-order valence-corrected chi connectivity index (χ3v) is 13.2. The van der Waals surface area contributed by atoms with Gasteiger partial charge in [-0.05, 0) is 29.0 Å². The van der Waals surface area contributed by atoms with E-state index in [9.17, 15) is 0 Å². The number of hydrogen-bond acceptors (Lipinski definition) is 1. The number of rotatable bonds is 3. The average molecular weight is 611 g/mol. The van der Waals surface area contributed by atoms with Crippen molar-refractivity contribution in [3.05, 3.63) is 98.5 Å². The fraction of sp³-hybridized carbons (Fsp3) is 0.323. The Balaban J connectivity index is 0.000000218. The van der Waals surface area contributed by atoms with E-state index in [1.165, 1.54) is 44.7 Å². The number of nitrogens with zero attached hydrogens (tertiary/aromatic N) is 1.